The molecule has 0 heterocycles. The molecule has 0 radical (unpaired) electrons. The summed E-state index contributed by atoms with van der Waals surface area (Å²) in [4.78, 5) is 0. The SMILES string of the molecule is CCCP(Cl)(CCC)(CCC)Cc1ccccc1. The summed E-state index contributed by atoms with van der Waals surface area (Å²) in [5, 5.41) is 0. The fourth-order valence-corrected chi connectivity index (χ4v) is 10.8. The van der Waals surface area contributed by atoms with Crippen LogP contribution in [0.25, 0.3) is 0 Å². The first kappa shape index (κ1) is 16.0. The van der Waals surface area contributed by atoms with Crippen molar-refractivity contribution in [2.75, 3.05) is 18.5 Å². The number of benzene rings is 1. The number of hydrogen-bond acceptors (Lipinski definition) is 0. The third-order valence-corrected chi connectivity index (χ3v) is 11.5. The zero-order valence-electron chi connectivity index (χ0n) is 12.2. The normalized spacial score (nSPS) is 14.1. The average molecular weight is 287 g/mol. The molecule has 0 bridgehead atoms. The van der Waals surface area contributed by atoms with Gasteiger partial charge in [0.1, 0.15) is 0 Å². The summed E-state index contributed by atoms with van der Waals surface area (Å²) in [7, 11) is 0. The van der Waals surface area contributed by atoms with Crippen LogP contribution < -0.4 is 0 Å². The fraction of sp³-hybridized carbons (Fsp3) is 0.625. The Morgan fingerprint density at radius 1 is 0.833 bits per heavy atom. The van der Waals surface area contributed by atoms with Crippen LogP contribution >= 0.6 is 17.2 Å². The summed E-state index contributed by atoms with van der Waals surface area (Å²) in [6, 6.07) is 10.8. The molecule has 0 aliphatic rings. The standard InChI is InChI=1S/C16H28ClP/c1-4-12-18(17,13-5-2,14-6-3)15-16-10-8-7-9-11-16/h7-11H,4-6,12-15H2,1-3H3. The van der Waals surface area contributed by atoms with Crippen LogP contribution in [0.4, 0.5) is 0 Å². The van der Waals surface area contributed by atoms with E-state index >= 15 is 0 Å². The van der Waals surface area contributed by atoms with Crippen LogP contribution in [0, 0.1) is 0 Å². The molecule has 0 aliphatic carbocycles. The van der Waals surface area contributed by atoms with Gasteiger partial charge in [0.05, 0.1) is 0 Å². The van der Waals surface area contributed by atoms with Crippen LogP contribution in [0.2, 0.25) is 0 Å². The number of hydrogen-bond donors (Lipinski definition) is 0. The van der Waals surface area contributed by atoms with Crippen LogP contribution in [0.15, 0.2) is 30.3 Å². The third-order valence-electron chi connectivity index (χ3n) is 3.77. The van der Waals surface area contributed by atoms with Gasteiger partial charge in [0.2, 0.25) is 0 Å². The Morgan fingerprint density at radius 3 is 1.67 bits per heavy atom. The van der Waals surface area contributed by atoms with E-state index in [4.69, 9.17) is 11.2 Å². The number of halogens is 1. The van der Waals surface area contributed by atoms with Crippen molar-refractivity contribution < 1.29 is 0 Å². The maximum atomic E-state index is 7.36. The predicted octanol–water partition coefficient (Wildman–Crippen LogP) is 6.12. The summed E-state index contributed by atoms with van der Waals surface area (Å²) in [5.74, 6) is -2.05. The Hall–Kier alpha value is -0.0600. The van der Waals surface area contributed by atoms with Crippen LogP contribution in [0.3, 0.4) is 0 Å². The van der Waals surface area contributed by atoms with Crippen LogP contribution in [0.1, 0.15) is 45.6 Å². The first-order valence-electron chi connectivity index (χ1n) is 7.32. The predicted molar refractivity (Wildman–Crippen MR) is 88.4 cm³/mol. The third kappa shape index (κ3) is 4.25. The molecular weight excluding hydrogens is 259 g/mol. The van der Waals surface area contributed by atoms with Gasteiger partial charge in [-0.15, -0.1) is 0 Å². The number of rotatable bonds is 8. The molecule has 104 valence electrons. The van der Waals surface area contributed by atoms with Crippen molar-refractivity contribution in [2.24, 2.45) is 0 Å². The average Bonchev–Trinajstić information content (AvgIpc) is 2.30. The van der Waals surface area contributed by atoms with Crippen molar-refractivity contribution in [2.45, 2.75) is 46.2 Å². The van der Waals surface area contributed by atoms with E-state index in [1.54, 1.807) is 0 Å². The Bertz CT molecular complexity index is 328. The summed E-state index contributed by atoms with van der Waals surface area (Å²) in [6.45, 7) is 6.83. The van der Waals surface area contributed by atoms with Gasteiger partial charge in [0.15, 0.2) is 0 Å². The van der Waals surface area contributed by atoms with Crippen LogP contribution in [-0.2, 0) is 6.16 Å². The van der Waals surface area contributed by atoms with Gasteiger partial charge in [-0.1, -0.05) is 0 Å². The van der Waals surface area contributed by atoms with Gasteiger partial charge in [0.25, 0.3) is 0 Å². The van der Waals surface area contributed by atoms with Gasteiger partial charge >= 0.3 is 118 Å². The Kier molecular flexibility index (Phi) is 6.15. The minimum absolute atomic E-state index is 1.13. The van der Waals surface area contributed by atoms with E-state index in [1.165, 1.54) is 43.3 Å². The van der Waals surface area contributed by atoms with Crippen molar-refractivity contribution in [3.05, 3.63) is 35.9 Å². The van der Waals surface area contributed by atoms with Gasteiger partial charge in [-0.2, -0.15) is 0 Å². The maximum absolute atomic E-state index is 7.36. The van der Waals surface area contributed by atoms with Crippen molar-refractivity contribution in [3.63, 3.8) is 0 Å². The van der Waals surface area contributed by atoms with E-state index in [2.05, 4.69) is 51.1 Å². The molecule has 0 aromatic heterocycles. The molecule has 0 atom stereocenters. The summed E-state index contributed by atoms with van der Waals surface area (Å²) >= 11 is 7.36. The molecule has 0 saturated carbocycles. The topological polar surface area (TPSA) is 0 Å². The first-order valence-corrected chi connectivity index (χ1v) is 11.2. The molecule has 0 aliphatic heterocycles. The molecule has 0 fully saturated rings. The summed E-state index contributed by atoms with van der Waals surface area (Å²) in [5.41, 5.74) is 1.43. The van der Waals surface area contributed by atoms with E-state index in [9.17, 15) is 0 Å². The molecule has 0 N–H and O–H groups in total. The molecule has 2 heteroatoms. The molecule has 1 aromatic carbocycles. The zero-order valence-corrected chi connectivity index (χ0v) is 13.8. The molecule has 0 unspecified atom stereocenters. The van der Waals surface area contributed by atoms with E-state index < -0.39 is 5.96 Å². The van der Waals surface area contributed by atoms with E-state index in [0.717, 1.165) is 6.16 Å². The molecule has 18 heavy (non-hydrogen) atoms. The van der Waals surface area contributed by atoms with Crippen molar-refractivity contribution >= 4 is 17.2 Å². The molecule has 0 spiro atoms. The molecule has 0 saturated heterocycles. The Labute approximate surface area is 118 Å². The van der Waals surface area contributed by atoms with Crippen LogP contribution in [-0.4, -0.2) is 18.5 Å². The molecule has 1 aromatic rings. The zero-order chi connectivity index (χ0) is 13.5. The summed E-state index contributed by atoms with van der Waals surface area (Å²) in [6.07, 6.45) is 8.50. The quantitative estimate of drug-likeness (QED) is 0.505. The van der Waals surface area contributed by atoms with Gasteiger partial charge in [-0.3, -0.25) is 0 Å². The van der Waals surface area contributed by atoms with Gasteiger partial charge < -0.3 is 0 Å². The first-order chi connectivity index (χ1) is 8.56. The van der Waals surface area contributed by atoms with Crippen molar-refractivity contribution in [1.82, 2.24) is 0 Å². The van der Waals surface area contributed by atoms with E-state index in [0.29, 0.717) is 0 Å². The van der Waals surface area contributed by atoms with Crippen molar-refractivity contribution in [3.8, 4) is 0 Å². The molecule has 1 rings (SSSR count). The Balaban J connectivity index is 3.01. The van der Waals surface area contributed by atoms with E-state index in [-0.39, 0.29) is 0 Å². The monoisotopic (exact) mass is 286 g/mol. The van der Waals surface area contributed by atoms with Gasteiger partial charge in [-0.05, 0) is 0 Å². The second-order valence-electron chi connectivity index (χ2n) is 5.63. The van der Waals surface area contributed by atoms with Gasteiger partial charge in [0, 0.05) is 0 Å². The van der Waals surface area contributed by atoms with Crippen molar-refractivity contribution in [1.29, 1.82) is 0 Å². The summed E-state index contributed by atoms with van der Waals surface area (Å²) < 4.78 is 0. The Morgan fingerprint density at radius 2 is 1.28 bits per heavy atom. The minimum atomic E-state index is -2.05. The molecule has 0 amide bonds. The van der Waals surface area contributed by atoms with Crippen LogP contribution in [0.5, 0.6) is 0 Å². The second kappa shape index (κ2) is 6.92. The van der Waals surface area contributed by atoms with Gasteiger partial charge in [-0.25, -0.2) is 0 Å². The fourth-order valence-electron chi connectivity index (χ4n) is 3.29. The van der Waals surface area contributed by atoms with E-state index in [1.807, 2.05) is 0 Å². The molecular formula is C16H28ClP. The molecule has 0 nitrogen and oxygen atoms in total. The second-order valence-corrected chi connectivity index (χ2v) is 13.8.